The summed E-state index contributed by atoms with van der Waals surface area (Å²) >= 11 is 0. The van der Waals surface area contributed by atoms with E-state index in [9.17, 15) is 4.79 Å². The van der Waals surface area contributed by atoms with Gasteiger partial charge in [-0.2, -0.15) is 0 Å². The molecule has 0 aromatic heterocycles. The predicted molar refractivity (Wildman–Crippen MR) is 88.3 cm³/mol. The Morgan fingerprint density at radius 3 is 2.14 bits per heavy atom. The summed E-state index contributed by atoms with van der Waals surface area (Å²) in [6.45, 7) is 15.0. The van der Waals surface area contributed by atoms with E-state index < -0.39 is 0 Å². The van der Waals surface area contributed by atoms with Crippen LogP contribution in [0.2, 0.25) is 0 Å². The Bertz CT molecular complexity index is 314. The first-order valence-electron chi connectivity index (χ1n) is 8.66. The second kappa shape index (κ2) is 8.17. The van der Waals surface area contributed by atoms with E-state index in [4.69, 9.17) is 4.74 Å². The quantitative estimate of drug-likeness (QED) is 0.734. The molecule has 2 rings (SSSR count). The monoisotopic (exact) mass is 297 g/mol. The number of morpholine rings is 1. The summed E-state index contributed by atoms with van der Waals surface area (Å²) in [5.41, 5.74) is 1.28. The molecule has 0 bridgehead atoms. The zero-order valence-corrected chi connectivity index (χ0v) is 14.8. The Hall–Kier alpha value is -0.570. The van der Waals surface area contributed by atoms with Crippen molar-refractivity contribution in [2.75, 3.05) is 26.3 Å². The first-order chi connectivity index (χ1) is 9.89. The Morgan fingerprint density at radius 1 is 1.14 bits per heavy atom. The van der Waals surface area contributed by atoms with E-state index in [2.05, 4.69) is 34.6 Å². The highest BCUT2D eigenvalue weighted by atomic mass is 16.5. The van der Waals surface area contributed by atoms with E-state index >= 15 is 0 Å². The molecule has 0 aromatic carbocycles. The van der Waals surface area contributed by atoms with Gasteiger partial charge in [0, 0.05) is 13.1 Å². The van der Waals surface area contributed by atoms with Crippen LogP contribution in [0.15, 0.2) is 0 Å². The van der Waals surface area contributed by atoms with E-state index in [1.54, 1.807) is 4.90 Å². The molecule has 3 nitrogen and oxygen atoms in total. The fourth-order valence-electron chi connectivity index (χ4n) is 3.45. The van der Waals surface area contributed by atoms with E-state index in [0.717, 1.165) is 25.4 Å². The van der Waals surface area contributed by atoms with E-state index in [-0.39, 0.29) is 0 Å². The van der Waals surface area contributed by atoms with Crippen LogP contribution >= 0.6 is 0 Å². The van der Waals surface area contributed by atoms with Crippen molar-refractivity contribution in [2.45, 2.75) is 66.7 Å². The van der Waals surface area contributed by atoms with Gasteiger partial charge < -0.3 is 9.64 Å². The smallest absolute Gasteiger partial charge is 0.209 e. The second-order valence-corrected chi connectivity index (χ2v) is 7.53. The van der Waals surface area contributed by atoms with Crippen LogP contribution in [0.25, 0.3) is 0 Å². The van der Waals surface area contributed by atoms with Crippen molar-refractivity contribution in [2.24, 2.45) is 16.7 Å². The Morgan fingerprint density at radius 2 is 1.76 bits per heavy atom. The van der Waals surface area contributed by atoms with Crippen molar-refractivity contribution in [3.8, 4) is 0 Å². The summed E-state index contributed by atoms with van der Waals surface area (Å²) in [4.78, 5) is 11.7. The number of carbonyl (C=O) groups is 1. The molecule has 1 saturated carbocycles. The van der Waals surface area contributed by atoms with Crippen molar-refractivity contribution in [3.05, 3.63) is 0 Å². The van der Waals surface area contributed by atoms with E-state index in [1.165, 1.54) is 32.1 Å². The van der Waals surface area contributed by atoms with Crippen LogP contribution in [0.4, 0.5) is 0 Å². The molecule has 0 radical (unpaired) electrons. The van der Waals surface area contributed by atoms with Gasteiger partial charge in [-0.05, 0) is 36.0 Å². The summed E-state index contributed by atoms with van der Waals surface area (Å²) < 4.78 is 5.00. The average Bonchev–Trinajstić information content (AvgIpc) is 2.53. The van der Waals surface area contributed by atoms with Crippen LogP contribution in [-0.4, -0.2) is 37.6 Å². The lowest BCUT2D eigenvalue weighted by atomic mass is 9.58. The van der Waals surface area contributed by atoms with Gasteiger partial charge in [-0.25, -0.2) is 0 Å². The highest BCUT2D eigenvalue weighted by molar-refractivity contribution is 5.46. The van der Waals surface area contributed by atoms with Gasteiger partial charge in [0.25, 0.3) is 0 Å². The first-order valence-corrected chi connectivity index (χ1v) is 8.66. The van der Waals surface area contributed by atoms with Gasteiger partial charge in [-0.15, -0.1) is 0 Å². The Labute approximate surface area is 131 Å². The topological polar surface area (TPSA) is 29.5 Å². The lowest BCUT2D eigenvalue weighted by Gasteiger charge is -2.47. The molecular formula is C18H35NO2. The van der Waals surface area contributed by atoms with Gasteiger partial charge in [0.2, 0.25) is 6.41 Å². The summed E-state index contributed by atoms with van der Waals surface area (Å²) in [6.07, 6.45) is 7.90. The number of hydrogen-bond acceptors (Lipinski definition) is 2. The van der Waals surface area contributed by atoms with Crippen molar-refractivity contribution in [1.82, 2.24) is 4.90 Å². The maximum absolute atomic E-state index is 10.0. The van der Waals surface area contributed by atoms with Crippen molar-refractivity contribution in [3.63, 3.8) is 0 Å². The molecule has 3 atom stereocenters. The average molecular weight is 297 g/mol. The van der Waals surface area contributed by atoms with Crippen LogP contribution in [0.3, 0.4) is 0 Å². The molecule has 1 aliphatic carbocycles. The minimum absolute atomic E-state index is 0.634. The molecule has 1 heterocycles. The van der Waals surface area contributed by atoms with Crippen LogP contribution in [0.5, 0.6) is 0 Å². The molecule has 1 aliphatic heterocycles. The lowest BCUT2D eigenvalue weighted by molar-refractivity contribution is -0.121. The molecule has 1 saturated heterocycles. The molecule has 21 heavy (non-hydrogen) atoms. The van der Waals surface area contributed by atoms with Gasteiger partial charge in [-0.3, -0.25) is 4.79 Å². The lowest BCUT2D eigenvalue weighted by Crippen LogP contribution is -2.36. The number of amides is 1. The van der Waals surface area contributed by atoms with E-state index in [1.807, 2.05) is 0 Å². The molecular weight excluding hydrogens is 262 g/mol. The van der Waals surface area contributed by atoms with Crippen molar-refractivity contribution in [1.29, 1.82) is 0 Å². The molecule has 3 heteroatoms. The summed E-state index contributed by atoms with van der Waals surface area (Å²) in [6, 6.07) is 0. The maximum Gasteiger partial charge on any atom is 0.209 e. The van der Waals surface area contributed by atoms with Gasteiger partial charge in [-0.1, -0.05) is 47.5 Å². The van der Waals surface area contributed by atoms with Crippen LogP contribution in [0, 0.1) is 16.7 Å². The minimum Gasteiger partial charge on any atom is -0.378 e. The van der Waals surface area contributed by atoms with Gasteiger partial charge in [0.05, 0.1) is 13.2 Å². The SMILES string of the molecule is CCC1(C)CCC(C)(CC)C(C)C1.O=CN1CCOCC1. The highest BCUT2D eigenvalue weighted by Crippen LogP contribution is 2.51. The molecule has 0 spiro atoms. The summed E-state index contributed by atoms with van der Waals surface area (Å²) in [5, 5.41) is 0. The molecule has 0 aromatic rings. The Balaban J connectivity index is 0.000000235. The number of carbonyl (C=O) groups excluding carboxylic acids is 1. The zero-order valence-electron chi connectivity index (χ0n) is 14.8. The molecule has 0 N–H and O–H groups in total. The molecule has 3 unspecified atom stereocenters. The van der Waals surface area contributed by atoms with E-state index in [0.29, 0.717) is 24.0 Å². The predicted octanol–water partition coefficient (Wildman–Crippen LogP) is 4.11. The summed E-state index contributed by atoms with van der Waals surface area (Å²) in [5.74, 6) is 0.913. The fraction of sp³-hybridized carbons (Fsp3) is 0.944. The third-order valence-corrected chi connectivity index (χ3v) is 6.14. The zero-order chi connectivity index (χ0) is 15.9. The van der Waals surface area contributed by atoms with Crippen LogP contribution < -0.4 is 0 Å². The largest absolute Gasteiger partial charge is 0.378 e. The van der Waals surface area contributed by atoms with Crippen LogP contribution in [0.1, 0.15) is 66.7 Å². The number of rotatable bonds is 3. The number of nitrogens with zero attached hydrogens (tertiary/aromatic N) is 1. The first kappa shape index (κ1) is 18.5. The molecule has 2 aliphatic rings. The molecule has 1 amide bonds. The molecule has 124 valence electrons. The van der Waals surface area contributed by atoms with Crippen LogP contribution in [-0.2, 0) is 9.53 Å². The number of hydrogen-bond donors (Lipinski definition) is 0. The standard InChI is InChI=1S/C13H26.C5H9NO2/c1-6-12(4)8-9-13(5,7-2)11(3)10-12;7-5-6-1-3-8-4-2-6/h11H,6-10H2,1-5H3;5H,1-4H2. The normalized spacial score (nSPS) is 36.6. The maximum atomic E-state index is 10.0. The third-order valence-electron chi connectivity index (χ3n) is 6.14. The van der Waals surface area contributed by atoms with Gasteiger partial charge >= 0.3 is 0 Å². The second-order valence-electron chi connectivity index (χ2n) is 7.53. The van der Waals surface area contributed by atoms with Crippen molar-refractivity contribution >= 4 is 6.41 Å². The minimum atomic E-state index is 0.634. The van der Waals surface area contributed by atoms with Gasteiger partial charge in [0.15, 0.2) is 0 Å². The Kier molecular flexibility index (Phi) is 7.19. The summed E-state index contributed by atoms with van der Waals surface area (Å²) in [7, 11) is 0. The molecule has 2 fully saturated rings. The third kappa shape index (κ3) is 5.28. The highest BCUT2D eigenvalue weighted by Gasteiger charge is 2.40. The van der Waals surface area contributed by atoms with Crippen molar-refractivity contribution < 1.29 is 9.53 Å². The van der Waals surface area contributed by atoms with Gasteiger partial charge in [0.1, 0.15) is 0 Å². The number of ether oxygens (including phenoxy) is 1. The fourth-order valence-corrected chi connectivity index (χ4v) is 3.45.